The summed E-state index contributed by atoms with van der Waals surface area (Å²) in [5.41, 5.74) is 0.979. The molecule has 0 radical (unpaired) electrons. The number of nitrogens with zero attached hydrogens (tertiary/aromatic N) is 1. The number of benzene rings is 1. The fourth-order valence-corrected chi connectivity index (χ4v) is 2.87. The minimum atomic E-state index is 0. The second kappa shape index (κ2) is 11.6. The molecule has 0 atom stereocenters. The summed E-state index contributed by atoms with van der Waals surface area (Å²) in [7, 11) is 1.62. The quantitative estimate of drug-likeness (QED) is 0.510. The number of nitrogens with one attached hydrogen (secondary N) is 1. The third kappa shape index (κ3) is 6.67. The third-order valence-corrected chi connectivity index (χ3v) is 3.81. The first kappa shape index (κ1) is 22.1. The Morgan fingerprint density at radius 1 is 1.23 bits per heavy atom. The molecule has 1 aromatic rings. The van der Waals surface area contributed by atoms with E-state index in [4.69, 9.17) is 32.7 Å². The second-order valence-corrected chi connectivity index (χ2v) is 5.55. The molecule has 0 spiro atoms. The van der Waals surface area contributed by atoms with Gasteiger partial charge in [0.2, 0.25) is 0 Å². The maximum atomic E-state index is 6.11. The molecule has 0 aliphatic carbocycles. The van der Waals surface area contributed by atoms with Crippen molar-refractivity contribution in [3.8, 4) is 5.75 Å². The van der Waals surface area contributed by atoms with Crippen LogP contribution in [0.25, 0.3) is 0 Å². The smallest absolute Gasteiger partial charge is 0.142 e. The molecule has 1 aromatic carbocycles. The highest BCUT2D eigenvalue weighted by molar-refractivity contribution is 6.35. The summed E-state index contributed by atoms with van der Waals surface area (Å²) in [6.07, 6.45) is 0. The maximum Gasteiger partial charge on any atom is 0.142 e. The van der Waals surface area contributed by atoms with E-state index in [9.17, 15) is 0 Å². The summed E-state index contributed by atoms with van der Waals surface area (Å²) in [4.78, 5) is 2.39. The van der Waals surface area contributed by atoms with Crippen molar-refractivity contribution in [3.63, 3.8) is 0 Å². The van der Waals surface area contributed by atoms with Gasteiger partial charge >= 0.3 is 0 Å². The molecule has 1 N–H and O–H groups in total. The van der Waals surface area contributed by atoms with Crippen LogP contribution in [0.3, 0.4) is 0 Å². The van der Waals surface area contributed by atoms with Crippen molar-refractivity contribution in [3.05, 3.63) is 27.7 Å². The van der Waals surface area contributed by atoms with Gasteiger partial charge in [0.25, 0.3) is 0 Å². The Morgan fingerprint density at radius 2 is 1.91 bits per heavy atom. The van der Waals surface area contributed by atoms with Gasteiger partial charge in [0, 0.05) is 43.3 Å². The third-order valence-electron chi connectivity index (χ3n) is 3.31. The van der Waals surface area contributed by atoms with E-state index in [0.29, 0.717) is 22.3 Å². The lowest BCUT2D eigenvalue weighted by Crippen LogP contribution is -3.00. The summed E-state index contributed by atoms with van der Waals surface area (Å²) < 4.78 is 10.6. The molecule has 1 fully saturated rings. The van der Waals surface area contributed by atoms with Crippen LogP contribution in [0.2, 0.25) is 10.0 Å². The van der Waals surface area contributed by atoms with Gasteiger partial charge in [-0.3, -0.25) is 4.90 Å². The van der Waals surface area contributed by atoms with Crippen LogP contribution in [0.5, 0.6) is 5.75 Å². The Labute approximate surface area is 154 Å². The topological polar surface area (TPSA) is 33.7 Å². The predicted octanol–water partition coefficient (Wildman–Crippen LogP) is -3.57. The molecule has 0 aromatic heterocycles. The first-order valence-electron chi connectivity index (χ1n) is 6.73. The second-order valence-electron chi connectivity index (χ2n) is 4.71. The van der Waals surface area contributed by atoms with Crippen molar-refractivity contribution in [1.82, 2.24) is 10.2 Å². The number of hydrogen-bond donors (Lipinski definition) is 1. The Bertz CT molecular complexity index is 443. The van der Waals surface area contributed by atoms with Gasteiger partial charge in [0.15, 0.2) is 0 Å². The number of rotatable bonds is 6. The zero-order valence-electron chi connectivity index (χ0n) is 12.4. The van der Waals surface area contributed by atoms with Crippen LogP contribution in [-0.2, 0) is 11.3 Å². The van der Waals surface area contributed by atoms with E-state index < -0.39 is 0 Å². The molecule has 0 unspecified atom stereocenters. The van der Waals surface area contributed by atoms with Gasteiger partial charge in [-0.05, 0) is 12.1 Å². The fourth-order valence-electron chi connectivity index (χ4n) is 2.26. The maximum absolute atomic E-state index is 6.11. The van der Waals surface area contributed by atoms with Crippen LogP contribution in [0.15, 0.2) is 12.1 Å². The summed E-state index contributed by atoms with van der Waals surface area (Å²) in [6.45, 7) is 6.29. The molecule has 1 heterocycles. The SMILES string of the molecule is COc1c(Cl)cc(Cl)cc1CNCCN1CCOCC1.[Cl-].[Cl-]. The van der Waals surface area contributed by atoms with Crippen LogP contribution >= 0.6 is 23.2 Å². The van der Waals surface area contributed by atoms with E-state index in [1.54, 1.807) is 13.2 Å². The van der Waals surface area contributed by atoms with Crippen molar-refractivity contribution in [2.75, 3.05) is 46.5 Å². The van der Waals surface area contributed by atoms with Gasteiger partial charge in [0.1, 0.15) is 5.75 Å². The van der Waals surface area contributed by atoms with Crippen molar-refractivity contribution in [2.24, 2.45) is 0 Å². The van der Waals surface area contributed by atoms with E-state index in [-0.39, 0.29) is 24.8 Å². The molecular formula is C14H20Cl4N2O2-2. The Kier molecular flexibility index (Phi) is 11.6. The van der Waals surface area contributed by atoms with Crippen LogP contribution in [-0.4, -0.2) is 51.4 Å². The average molecular weight is 390 g/mol. The van der Waals surface area contributed by atoms with Gasteiger partial charge in [-0.1, -0.05) is 23.2 Å². The largest absolute Gasteiger partial charge is 1.00 e. The molecular weight excluding hydrogens is 370 g/mol. The first-order valence-corrected chi connectivity index (χ1v) is 7.49. The van der Waals surface area contributed by atoms with Crippen LogP contribution < -0.4 is 34.9 Å². The van der Waals surface area contributed by atoms with E-state index in [1.165, 1.54) is 0 Å². The normalized spacial score (nSPS) is 14.9. The summed E-state index contributed by atoms with van der Waals surface area (Å²) in [5.74, 6) is 0.690. The molecule has 1 aliphatic rings. The molecule has 128 valence electrons. The number of ether oxygens (including phenoxy) is 2. The van der Waals surface area contributed by atoms with Crippen LogP contribution in [0, 0.1) is 0 Å². The van der Waals surface area contributed by atoms with E-state index >= 15 is 0 Å². The van der Waals surface area contributed by atoms with Crippen LogP contribution in [0.4, 0.5) is 0 Å². The van der Waals surface area contributed by atoms with E-state index in [0.717, 1.165) is 45.0 Å². The van der Waals surface area contributed by atoms with E-state index in [1.807, 2.05) is 6.07 Å². The zero-order chi connectivity index (χ0) is 14.4. The Balaban J connectivity index is 0.00000220. The minimum Gasteiger partial charge on any atom is -1.00 e. The highest BCUT2D eigenvalue weighted by Crippen LogP contribution is 2.31. The van der Waals surface area contributed by atoms with Gasteiger partial charge in [-0.25, -0.2) is 0 Å². The standard InChI is InChI=1S/C14H20Cl2N2O2.2ClH/c1-19-14-11(8-12(15)9-13(14)16)10-17-2-3-18-4-6-20-7-5-18;;/h8-9,17H,2-7,10H2,1H3;2*1H/p-2. The zero-order valence-corrected chi connectivity index (χ0v) is 15.4. The molecule has 0 bridgehead atoms. The average Bonchev–Trinajstić information content (AvgIpc) is 2.44. The molecule has 0 amide bonds. The van der Waals surface area contributed by atoms with Gasteiger partial charge < -0.3 is 39.6 Å². The van der Waals surface area contributed by atoms with Crippen molar-refractivity contribution < 1.29 is 34.3 Å². The summed E-state index contributed by atoms with van der Waals surface area (Å²) in [6, 6.07) is 3.58. The molecule has 0 saturated carbocycles. The minimum absolute atomic E-state index is 0. The number of morpholine rings is 1. The number of hydrogen-bond acceptors (Lipinski definition) is 4. The Morgan fingerprint density at radius 3 is 2.55 bits per heavy atom. The first-order chi connectivity index (χ1) is 9.70. The molecule has 2 rings (SSSR count). The van der Waals surface area contributed by atoms with Gasteiger partial charge in [0.05, 0.1) is 25.3 Å². The highest BCUT2D eigenvalue weighted by atomic mass is 35.5. The number of methoxy groups -OCH3 is 1. The molecule has 1 saturated heterocycles. The lowest BCUT2D eigenvalue weighted by molar-refractivity contribution is -0.001000. The van der Waals surface area contributed by atoms with Crippen molar-refractivity contribution in [1.29, 1.82) is 0 Å². The van der Waals surface area contributed by atoms with Crippen molar-refractivity contribution >= 4 is 23.2 Å². The van der Waals surface area contributed by atoms with Gasteiger partial charge in [-0.15, -0.1) is 0 Å². The summed E-state index contributed by atoms with van der Waals surface area (Å²) in [5, 5.41) is 4.57. The predicted molar refractivity (Wildman–Crippen MR) is 82.0 cm³/mol. The lowest BCUT2D eigenvalue weighted by Gasteiger charge is -2.26. The Hall–Kier alpha value is 0.0600. The highest BCUT2D eigenvalue weighted by Gasteiger charge is 2.11. The fraction of sp³-hybridized carbons (Fsp3) is 0.571. The van der Waals surface area contributed by atoms with Crippen molar-refractivity contribution in [2.45, 2.75) is 6.54 Å². The monoisotopic (exact) mass is 388 g/mol. The lowest BCUT2D eigenvalue weighted by atomic mass is 10.2. The van der Waals surface area contributed by atoms with Gasteiger partial charge in [-0.2, -0.15) is 0 Å². The molecule has 4 nitrogen and oxygen atoms in total. The summed E-state index contributed by atoms with van der Waals surface area (Å²) >= 11 is 12.1. The molecule has 1 aliphatic heterocycles. The molecule has 22 heavy (non-hydrogen) atoms. The molecule has 8 heteroatoms. The van der Waals surface area contributed by atoms with Crippen LogP contribution in [0.1, 0.15) is 5.56 Å². The van der Waals surface area contributed by atoms with E-state index in [2.05, 4.69) is 10.2 Å². The number of halogens is 4.